The van der Waals surface area contributed by atoms with Gasteiger partial charge in [-0.3, -0.25) is 4.57 Å². The molecule has 0 aliphatic rings. The fraction of sp³-hybridized carbons (Fsp3) is 0. The Morgan fingerprint density at radius 2 is 0.825 bits per heavy atom. The van der Waals surface area contributed by atoms with Gasteiger partial charge in [0, 0.05) is 43.7 Å². The van der Waals surface area contributed by atoms with Gasteiger partial charge in [-0.25, -0.2) is 4.98 Å². The average molecular weight is 806 g/mol. The Hall–Kier alpha value is -8.61. The zero-order valence-electron chi connectivity index (χ0n) is 33.9. The molecule has 0 fully saturated rings. The van der Waals surface area contributed by atoms with Crippen molar-refractivity contribution >= 4 is 65.6 Å². The summed E-state index contributed by atoms with van der Waals surface area (Å²) < 4.78 is 11.4. The van der Waals surface area contributed by atoms with Gasteiger partial charge in [-0.15, -0.1) is 0 Å². The molecule has 0 N–H and O–H groups in total. The molecule has 4 heterocycles. The van der Waals surface area contributed by atoms with Crippen LogP contribution in [0.3, 0.4) is 0 Å². The largest absolute Gasteiger partial charge is 0.456 e. The van der Waals surface area contributed by atoms with Crippen LogP contribution in [0.1, 0.15) is 0 Å². The van der Waals surface area contributed by atoms with Crippen molar-refractivity contribution in [3.63, 3.8) is 0 Å². The Bertz CT molecular complexity index is 3860. The van der Waals surface area contributed by atoms with Gasteiger partial charge < -0.3 is 8.98 Å². The quantitative estimate of drug-likeness (QED) is 0.168. The fourth-order valence-electron chi connectivity index (χ4n) is 9.51. The molecule has 0 aliphatic heterocycles. The summed E-state index contributed by atoms with van der Waals surface area (Å²) in [5.74, 6) is 1.69. The summed E-state index contributed by atoms with van der Waals surface area (Å²) in [7, 11) is 0. The number of rotatable bonds is 6. The first-order chi connectivity index (χ1) is 31.2. The zero-order chi connectivity index (χ0) is 41.4. The second-order valence-electron chi connectivity index (χ2n) is 16.0. The highest BCUT2D eigenvalue weighted by Gasteiger charge is 2.22. The first-order valence-corrected chi connectivity index (χ1v) is 21.2. The number of fused-ring (bicyclic) bond motifs is 10. The number of para-hydroxylation sites is 3. The zero-order valence-corrected chi connectivity index (χ0v) is 33.9. The van der Waals surface area contributed by atoms with Crippen LogP contribution in [0.25, 0.3) is 122 Å². The Labute approximate surface area is 361 Å². The lowest BCUT2D eigenvalue weighted by Crippen LogP contribution is -2.06. The molecule has 0 saturated carbocycles. The molecular weight excluding hydrogens is 771 g/mol. The van der Waals surface area contributed by atoms with Crippen molar-refractivity contribution < 1.29 is 4.42 Å². The number of hydrogen-bond donors (Lipinski definition) is 0. The minimum atomic E-state index is 0.547. The van der Waals surface area contributed by atoms with Crippen LogP contribution < -0.4 is 0 Å². The third-order valence-corrected chi connectivity index (χ3v) is 12.4. The van der Waals surface area contributed by atoms with Crippen LogP contribution in [-0.4, -0.2) is 24.1 Å². The molecule has 6 nitrogen and oxygen atoms in total. The summed E-state index contributed by atoms with van der Waals surface area (Å²) in [5.41, 5.74) is 13.3. The Morgan fingerprint density at radius 3 is 1.49 bits per heavy atom. The van der Waals surface area contributed by atoms with Crippen molar-refractivity contribution in [2.24, 2.45) is 0 Å². The molecule has 0 bridgehead atoms. The predicted molar refractivity (Wildman–Crippen MR) is 258 cm³/mol. The molecule has 0 amide bonds. The predicted octanol–water partition coefficient (Wildman–Crippen LogP) is 14.6. The minimum absolute atomic E-state index is 0.547. The van der Waals surface area contributed by atoms with Crippen LogP contribution >= 0.6 is 0 Å². The molecule has 13 rings (SSSR count). The van der Waals surface area contributed by atoms with Crippen LogP contribution in [0, 0.1) is 0 Å². The number of furan rings is 1. The van der Waals surface area contributed by atoms with E-state index in [-0.39, 0.29) is 0 Å². The van der Waals surface area contributed by atoms with Crippen LogP contribution in [-0.2, 0) is 0 Å². The van der Waals surface area contributed by atoms with Gasteiger partial charge in [0.1, 0.15) is 11.2 Å². The van der Waals surface area contributed by atoms with Crippen molar-refractivity contribution in [3.05, 3.63) is 212 Å². The van der Waals surface area contributed by atoms with Crippen molar-refractivity contribution in [2.75, 3.05) is 0 Å². The van der Waals surface area contributed by atoms with Crippen molar-refractivity contribution in [1.29, 1.82) is 0 Å². The van der Waals surface area contributed by atoms with Gasteiger partial charge in [0.05, 0.1) is 27.5 Å². The van der Waals surface area contributed by atoms with Gasteiger partial charge in [0.25, 0.3) is 0 Å². The lowest BCUT2D eigenvalue weighted by Gasteiger charge is -2.12. The summed E-state index contributed by atoms with van der Waals surface area (Å²) in [6.45, 7) is 0. The third-order valence-electron chi connectivity index (χ3n) is 12.4. The van der Waals surface area contributed by atoms with Gasteiger partial charge in [0.15, 0.2) is 11.6 Å². The fourth-order valence-corrected chi connectivity index (χ4v) is 9.51. The second kappa shape index (κ2) is 14.0. The molecular formula is C57H35N5O. The topological polar surface area (TPSA) is 61.7 Å². The van der Waals surface area contributed by atoms with Crippen LogP contribution in [0.4, 0.5) is 0 Å². The Balaban J connectivity index is 1.03. The van der Waals surface area contributed by atoms with E-state index in [0.29, 0.717) is 17.6 Å². The number of benzene rings is 9. The molecule has 6 heteroatoms. The average Bonchev–Trinajstić information content (AvgIpc) is 4.02. The van der Waals surface area contributed by atoms with Gasteiger partial charge in [-0.05, 0) is 82.9 Å². The molecule has 0 radical (unpaired) electrons. The van der Waals surface area contributed by atoms with Gasteiger partial charge in [0.2, 0.25) is 5.95 Å². The molecule has 63 heavy (non-hydrogen) atoms. The van der Waals surface area contributed by atoms with E-state index in [9.17, 15) is 0 Å². The molecule has 0 aliphatic carbocycles. The molecule has 0 unspecified atom stereocenters. The maximum absolute atomic E-state index is 6.81. The van der Waals surface area contributed by atoms with E-state index in [4.69, 9.17) is 19.4 Å². The van der Waals surface area contributed by atoms with Crippen LogP contribution in [0.2, 0.25) is 0 Å². The number of aromatic nitrogens is 5. The first-order valence-electron chi connectivity index (χ1n) is 21.2. The Kier molecular flexibility index (Phi) is 7.80. The molecule has 0 spiro atoms. The molecule has 0 saturated heterocycles. The maximum atomic E-state index is 6.81. The number of hydrogen-bond acceptors (Lipinski definition) is 4. The van der Waals surface area contributed by atoms with Crippen LogP contribution in [0.15, 0.2) is 217 Å². The van der Waals surface area contributed by atoms with Gasteiger partial charge >= 0.3 is 0 Å². The highest BCUT2D eigenvalue weighted by atomic mass is 16.3. The highest BCUT2D eigenvalue weighted by Crippen LogP contribution is 2.42. The summed E-state index contributed by atoms with van der Waals surface area (Å²) >= 11 is 0. The lowest BCUT2D eigenvalue weighted by molar-refractivity contribution is 0.669. The van der Waals surface area contributed by atoms with E-state index in [1.165, 1.54) is 16.3 Å². The first kappa shape index (κ1) is 35.2. The van der Waals surface area contributed by atoms with Crippen molar-refractivity contribution in [3.8, 4) is 56.7 Å². The molecule has 4 aromatic heterocycles. The molecule has 13 aromatic rings. The van der Waals surface area contributed by atoms with E-state index in [1.807, 2.05) is 6.07 Å². The van der Waals surface area contributed by atoms with E-state index >= 15 is 0 Å². The van der Waals surface area contributed by atoms with Gasteiger partial charge in [-0.1, -0.05) is 152 Å². The smallest absolute Gasteiger partial charge is 0.238 e. The summed E-state index contributed by atoms with van der Waals surface area (Å²) in [5, 5.41) is 6.73. The van der Waals surface area contributed by atoms with E-state index in [2.05, 4.69) is 215 Å². The second-order valence-corrected chi connectivity index (χ2v) is 16.0. The SMILES string of the molecule is c1ccc(-c2cccc(-c3nc(-c4ccc5c(c4)oc4ccc6c7ccccc7n(-c7cccc(-c8ccccc8)c7)c6c45)nc(-n4c5ccccc5c5ccccc54)n3)c2)cc1. The van der Waals surface area contributed by atoms with E-state index in [1.54, 1.807) is 0 Å². The third kappa shape index (κ3) is 5.62. The summed E-state index contributed by atoms with van der Waals surface area (Å²) in [6.07, 6.45) is 0. The molecule has 9 aromatic carbocycles. The lowest BCUT2D eigenvalue weighted by atomic mass is 10.0. The Morgan fingerprint density at radius 1 is 0.317 bits per heavy atom. The highest BCUT2D eigenvalue weighted by molar-refractivity contribution is 6.24. The molecule has 0 atom stereocenters. The maximum Gasteiger partial charge on any atom is 0.238 e. The molecule has 294 valence electrons. The summed E-state index contributed by atoms with van der Waals surface area (Å²) in [4.78, 5) is 15.7. The number of nitrogens with zero attached hydrogens (tertiary/aromatic N) is 5. The normalized spacial score (nSPS) is 11.8. The summed E-state index contributed by atoms with van der Waals surface area (Å²) in [6, 6.07) is 74.4. The van der Waals surface area contributed by atoms with E-state index in [0.717, 1.165) is 88.3 Å². The van der Waals surface area contributed by atoms with E-state index < -0.39 is 0 Å². The van der Waals surface area contributed by atoms with Crippen molar-refractivity contribution in [1.82, 2.24) is 24.1 Å². The minimum Gasteiger partial charge on any atom is -0.456 e. The monoisotopic (exact) mass is 805 g/mol. The standard InChI is InChI=1S/C57H35N5O/c1-3-15-36(16-4-1)38-19-13-21-40(33-38)55-58-56(60-57(59-55)62-49-27-11-7-23-43(49)44-24-8-12-28-50(44)62)41-29-30-47-52(35-41)63-51-32-31-46-45-25-9-10-26-48(45)61(54(46)53(47)51)42-22-14-20-39(34-42)37-17-5-2-6-18-37/h1-35H. The van der Waals surface area contributed by atoms with Crippen LogP contribution in [0.5, 0.6) is 0 Å². The van der Waals surface area contributed by atoms with Crippen molar-refractivity contribution in [2.45, 2.75) is 0 Å². The van der Waals surface area contributed by atoms with Gasteiger partial charge in [-0.2, -0.15) is 9.97 Å².